The van der Waals surface area contributed by atoms with Crippen molar-refractivity contribution < 1.29 is 0 Å². The Kier molecular flexibility index (Phi) is 7.48. The van der Waals surface area contributed by atoms with Crippen molar-refractivity contribution in [3.05, 3.63) is 0 Å². The van der Waals surface area contributed by atoms with Crippen LogP contribution in [0.1, 0.15) is 59.3 Å². The molecule has 0 bridgehead atoms. The van der Waals surface area contributed by atoms with E-state index < -0.39 is 0 Å². The molecule has 2 fully saturated rings. The van der Waals surface area contributed by atoms with Crippen LogP contribution in [-0.4, -0.2) is 61.2 Å². The van der Waals surface area contributed by atoms with Crippen LogP contribution in [-0.2, 0) is 0 Å². The Morgan fingerprint density at radius 3 is 2.48 bits per heavy atom. The van der Waals surface area contributed by atoms with Crippen LogP contribution in [0.5, 0.6) is 0 Å². The van der Waals surface area contributed by atoms with Gasteiger partial charge in [0.05, 0.1) is 0 Å². The smallest absolute Gasteiger partial charge is 0.0195 e. The molecule has 0 aromatic rings. The molecule has 0 radical (unpaired) electrons. The standard InChI is InChI=1S/C18H37N3/c1-4-11-21(15-17-7-5-6-10-19-17)18-8-12-20(13-9-18)14-16(2)3/h16-19H,4-15H2,1-3H3. The molecule has 124 valence electrons. The predicted octanol–water partition coefficient (Wildman–Crippen LogP) is 2.96. The molecule has 2 heterocycles. The molecule has 1 unspecified atom stereocenters. The van der Waals surface area contributed by atoms with Gasteiger partial charge in [0, 0.05) is 25.2 Å². The minimum Gasteiger partial charge on any atom is -0.313 e. The fourth-order valence-electron chi connectivity index (χ4n) is 4.06. The molecule has 0 aromatic carbocycles. The first-order valence-corrected chi connectivity index (χ1v) is 9.38. The van der Waals surface area contributed by atoms with Gasteiger partial charge in [0.1, 0.15) is 0 Å². The van der Waals surface area contributed by atoms with Gasteiger partial charge in [0.2, 0.25) is 0 Å². The highest BCUT2D eigenvalue weighted by molar-refractivity contribution is 4.84. The van der Waals surface area contributed by atoms with Crippen LogP contribution in [0, 0.1) is 5.92 Å². The molecule has 2 rings (SSSR count). The Labute approximate surface area is 132 Å². The lowest BCUT2D eigenvalue weighted by molar-refractivity contribution is 0.0907. The summed E-state index contributed by atoms with van der Waals surface area (Å²) in [5, 5.41) is 3.73. The highest BCUT2D eigenvalue weighted by atomic mass is 15.2. The van der Waals surface area contributed by atoms with Crippen LogP contribution >= 0.6 is 0 Å². The Morgan fingerprint density at radius 1 is 1.14 bits per heavy atom. The highest BCUT2D eigenvalue weighted by Crippen LogP contribution is 2.19. The van der Waals surface area contributed by atoms with E-state index in [1.807, 2.05) is 0 Å². The van der Waals surface area contributed by atoms with Crippen LogP contribution in [0.3, 0.4) is 0 Å². The number of hydrogen-bond donors (Lipinski definition) is 1. The summed E-state index contributed by atoms with van der Waals surface area (Å²) in [7, 11) is 0. The summed E-state index contributed by atoms with van der Waals surface area (Å²) in [5.41, 5.74) is 0. The monoisotopic (exact) mass is 295 g/mol. The molecule has 3 heteroatoms. The van der Waals surface area contributed by atoms with E-state index in [1.54, 1.807) is 0 Å². The third kappa shape index (κ3) is 5.88. The normalized spacial score (nSPS) is 25.9. The van der Waals surface area contributed by atoms with Gasteiger partial charge in [-0.05, 0) is 64.2 Å². The lowest BCUT2D eigenvalue weighted by Crippen LogP contribution is -2.51. The number of piperidine rings is 2. The third-order valence-electron chi connectivity index (χ3n) is 5.07. The molecule has 3 nitrogen and oxygen atoms in total. The molecule has 2 saturated heterocycles. The van der Waals surface area contributed by atoms with E-state index in [1.165, 1.54) is 77.8 Å². The second-order valence-corrected chi connectivity index (χ2v) is 7.57. The van der Waals surface area contributed by atoms with Gasteiger partial charge in [-0.2, -0.15) is 0 Å². The minimum absolute atomic E-state index is 0.749. The molecule has 0 spiro atoms. The molecular formula is C18H37N3. The largest absolute Gasteiger partial charge is 0.313 e. The molecule has 0 saturated carbocycles. The first-order chi connectivity index (χ1) is 10.2. The van der Waals surface area contributed by atoms with Crippen molar-refractivity contribution in [3.63, 3.8) is 0 Å². The fourth-order valence-corrected chi connectivity index (χ4v) is 4.06. The second-order valence-electron chi connectivity index (χ2n) is 7.57. The number of nitrogens with zero attached hydrogens (tertiary/aromatic N) is 2. The molecular weight excluding hydrogens is 258 g/mol. The van der Waals surface area contributed by atoms with Gasteiger partial charge < -0.3 is 10.2 Å². The average Bonchev–Trinajstić information content (AvgIpc) is 2.48. The lowest BCUT2D eigenvalue weighted by atomic mass is 9.99. The SMILES string of the molecule is CCCN(CC1CCCCN1)C1CCN(CC(C)C)CC1. The van der Waals surface area contributed by atoms with E-state index in [9.17, 15) is 0 Å². The van der Waals surface area contributed by atoms with Crippen LogP contribution in [0.25, 0.3) is 0 Å². The number of likely N-dealkylation sites (tertiary alicyclic amines) is 1. The zero-order chi connectivity index (χ0) is 15.1. The summed E-state index contributed by atoms with van der Waals surface area (Å²) in [5.74, 6) is 0.805. The maximum atomic E-state index is 3.73. The molecule has 0 amide bonds. The maximum Gasteiger partial charge on any atom is 0.0195 e. The van der Waals surface area contributed by atoms with Crippen molar-refractivity contribution in [2.75, 3.05) is 39.3 Å². The molecule has 0 aliphatic carbocycles. The van der Waals surface area contributed by atoms with E-state index >= 15 is 0 Å². The van der Waals surface area contributed by atoms with Crippen LogP contribution < -0.4 is 5.32 Å². The Hall–Kier alpha value is -0.120. The van der Waals surface area contributed by atoms with Gasteiger partial charge in [-0.1, -0.05) is 27.2 Å². The summed E-state index contributed by atoms with van der Waals surface area (Å²) >= 11 is 0. The van der Waals surface area contributed by atoms with E-state index in [-0.39, 0.29) is 0 Å². The van der Waals surface area contributed by atoms with Gasteiger partial charge in [0.25, 0.3) is 0 Å². The third-order valence-corrected chi connectivity index (χ3v) is 5.07. The van der Waals surface area contributed by atoms with Gasteiger partial charge in [-0.3, -0.25) is 4.90 Å². The Bertz CT molecular complexity index is 266. The van der Waals surface area contributed by atoms with Crippen molar-refractivity contribution in [2.45, 2.75) is 71.4 Å². The van der Waals surface area contributed by atoms with Crippen LogP contribution in [0.2, 0.25) is 0 Å². The molecule has 2 aliphatic heterocycles. The quantitative estimate of drug-likeness (QED) is 0.779. The van der Waals surface area contributed by atoms with Gasteiger partial charge in [-0.25, -0.2) is 0 Å². The first-order valence-electron chi connectivity index (χ1n) is 9.38. The van der Waals surface area contributed by atoms with Crippen LogP contribution in [0.15, 0.2) is 0 Å². The number of nitrogens with one attached hydrogen (secondary N) is 1. The number of rotatable bonds is 7. The molecule has 0 aromatic heterocycles. The van der Waals surface area contributed by atoms with Crippen LogP contribution in [0.4, 0.5) is 0 Å². The number of hydrogen-bond acceptors (Lipinski definition) is 3. The van der Waals surface area contributed by atoms with Crippen molar-refractivity contribution in [1.82, 2.24) is 15.1 Å². The van der Waals surface area contributed by atoms with E-state index in [0.717, 1.165) is 18.0 Å². The predicted molar refractivity (Wildman–Crippen MR) is 91.8 cm³/mol. The maximum absolute atomic E-state index is 3.73. The van der Waals surface area contributed by atoms with Crippen molar-refractivity contribution in [1.29, 1.82) is 0 Å². The first kappa shape index (κ1) is 17.2. The second kappa shape index (κ2) is 9.12. The highest BCUT2D eigenvalue weighted by Gasteiger charge is 2.26. The molecule has 1 atom stereocenters. The summed E-state index contributed by atoms with van der Waals surface area (Å²) in [4.78, 5) is 5.47. The van der Waals surface area contributed by atoms with Crippen molar-refractivity contribution >= 4 is 0 Å². The Morgan fingerprint density at radius 2 is 1.90 bits per heavy atom. The topological polar surface area (TPSA) is 18.5 Å². The van der Waals surface area contributed by atoms with E-state index in [2.05, 4.69) is 35.9 Å². The van der Waals surface area contributed by atoms with E-state index in [4.69, 9.17) is 0 Å². The minimum atomic E-state index is 0.749. The van der Waals surface area contributed by atoms with Crippen molar-refractivity contribution in [2.24, 2.45) is 5.92 Å². The fraction of sp³-hybridized carbons (Fsp3) is 1.00. The van der Waals surface area contributed by atoms with E-state index in [0.29, 0.717) is 0 Å². The molecule has 2 aliphatic rings. The van der Waals surface area contributed by atoms with Gasteiger partial charge >= 0.3 is 0 Å². The van der Waals surface area contributed by atoms with Gasteiger partial charge in [0.15, 0.2) is 0 Å². The lowest BCUT2D eigenvalue weighted by Gasteiger charge is -2.41. The molecule has 21 heavy (non-hydrogen) atoms. The Balaban J connectivity index is 1.78. The average molecular weight is 296 g/mol. The molecule has 1 N–H and O–H groups in total. The summed E-state index contributed by atoms with van der Waals surface area (Å²) in [6.45, 7) is 14.7. The van der Waals surface area contributed by atoms with Crippen molar-refractivity contribution in [3.8, 4) is 0 Å². The zero-order valence-electron chi connectivity index (χ0n) is 14.6. The summed E-state index contributed by atoms with van der Waals surface area (Å²) in [6, 6.07) is 1.58. The van der Waals surface area contributed by atoms with Gasteiger partial charge in [-0.15, -0.1) is 0 Å². The zero-order valence-corrected chi connectivity index (χ0v) is 14.6. The summed E-state index contributed by atoms with van der Waals surface area (Å²) < 4.78 is 0. The summed E-state index contributed by atoms with van der Waals surface area (Å²) in [6.07, 6.45) is 8.21.